The number of urea groups is 1. The lowest BCUT2D eigenvalue weighted by molar-refractivity contribution is -0.137. The van der Waals surface area contributed by atoms with Crippen molar-refractivity contribution in [2.24, 2.45) is 5.92 Å². The lowest BCUT2D eigenvalue weighted by Gasteiger charge is -2.37. The highest BCUT2D eigenvalue weighted by molar-refractivity contribution is 5.80. The minimum atomic E-state index is -1.000. The molecule has 0 radical (unpaired) electrons. The fraction of sp³-hybridized carbons (Fsp3) is 0.690. The highest BCUT2D eigenvalue weighted by Gasteiger charge is 2.32. The molecule has 0 aliphatic carbocycles. The van der Waals surface area contributed by atoms with Crippen LogP contribution in [0, 0.1) is 5.92 Å². The summed E-state index contributed by atoms with van der Waals surface area (Å²) < 4.78 is 0. The van der Waals surface area contributed by atoms with Gasteiger partial charge in [-0.15, -0.1) is 0 Å². The Balaban J connectivity index is 1.29. The van der Waals surface area contributed by atoms with Gasteiger partial charge in [0.1, 0.15) is 0 Å². The molecule has 0 spiro atoms. The SMILES string of the molecule is CCCCCCCCNC(=O)N1CCC(C(=O)N2CCC(Nc3ccc(CCNC(=O)O)cc3)CC2)CC1. The van der Waals surface area contributed by atoms with Crippen LogP contribution in [0.4, 0.5) is 15.3 Å². The van der Waals surface area contributed by atoms with Gasteiger partial charge in [0.15, 0.2) is 0 Å². The summed E-state index contributed by atoms with van der Waals surface area (Å²) in [6.07, 6.45) is 10.3. The molecule has 2 saturated heterocycles. The lowest BCUT2D eigenvalue weighted by Crippen LogP contribution is -2.49. The van der Waals surface area contributed by atoms with Crippen molar-refractivity contribution in [3.8, 4) is 0 Å². The number of carbonyl (C=O) groups is 3. The smallest absolute Gasteiger partial charge is 0.404 e. The van der Waals surface area contributed by atoms with Crippen LogP contribution in [0.1, 0.15) is 76.7 Å². The molecule has 0 unspecified atom stereocenters. The zero-order valence-electron chi connectivity index (χ0n) is 23.1. The molecule has 2 fully saturated rings. The molecular weight excluding hydrogens is 482 g/mol. The van der Waals surface area contributed by atoms with Gasteiger partial charge in [-0.05, 0) is 56.2 Å². The zero-order valence-corrected chi connectivity index (χ0v) is 23.1. The van der Waals surface area contributed by atoms with Crippen molar-refractivity contribution in [3.63, 3.8) is 0 Å². The average molecular weight is 530 g/mol. The Morgan fingerprint density at radius 1 is 0.816 bits per heavy atom. The Kier molecular flexibility index (Phi) is 12.5. The van der Waals surface area contributed by atoms with Crippen LogP contribution in [0.25, 0.3) is 0 Å². The van der Waals surface area contributed by atoms with E-state index in [9.17, 15) is 14.4 Å². The van der Waals surface area contributed by atoms with Crippen LogP contribution < -0.4 is 16.0 Å². The highest BCUT2D eigenvalue weighted by atomic mass is 16.4. The number of likely N-dealkylation sites (tertiary alicyclic amines) is 2. The third-order valence-corrected chi connectivity index (χ3v) is 7.76. The lowest BCUT2D eigenvalue weighted by atomic mass is 9.94. The number of rotatable bonds is 13. The Bertz CT molecular complexity index is 862. The van der Waals surface area contributed by atoms with Gasteiger partial charge in [-0.3, -0.25) is 4.79 Å². The van der Waals surface area contributed by atoms with Crippen molar-refractivity contribution in [2.75, 3.05) is 44.6 Å². The van der Waals surface area contributed by atoms with Crippen molar-refractivity contribution in [1.82, 2.24) is 20.4 Å². The summed E-state index contributed by atoms with van der Waals surface area (Å²) in [5, 5.41) is 17.7. The van der Waals surface area contributed by atoms with Crippen LogP contribution in [-0.2, 0) is 11.2 Å². The fourth-order valence-electron chi connectivity index (χ4n) is 5.36. The van der Waals surface area contributed by atoms with E-state index in [1.807, 2.05) is 34.1 Å². The summed E-state index contributed by atoms with van der Waals surface area (Å²) in [5.74, 6) is 0.264. The second-order valence-electron chi connectivity index (χ2n) is 10.7. The largest absolute Gasteiger partial charge is 0.465 e. The molecule has 9 heteroatoms. The molecule has 0 saturated carbocycles. The van der Waals surface area contributed by atoms with Gasteiger partial charge in [-0.25, -0.2) is 9.59 Å². The predicted molar refractivity (Wildman–Crippen MR) is 150 cm³/mol. The first-order valence-corrected chi connectivity index (χ1v) is 14.6. The molecule has 2 heterocycles. The summed E-state index contributed by atoms with van der Waals surface area (Å²) in [6.45, 7) is 6.18. The zero-order chi connectivity index (χ0) is 27.2. The Labute approximate surface area is 227 Å². The molecule has 2 aliphatic heterocycles. The molecule has 3 rings (SSSR count). The standard InChI is InChI=1S/C29H47N5O4/c1-2-3-4-5-6-7-17-30-28(36)34-19-13-24(14-20-34)27(35)33-21-15-26(16-22-33)32-25-10-8-23(9-11-25)12-18-31-29(37)38/h8-11,24,26,31-32H,2-7,12-22H2,1H3,(H,30,36)(H,37,38). The first-order chi connectivity index (χ1) is 18.5. The number of nitrogens with one attached hydrogen (secondary N) is 3. The highest BCUT2D eigenvalue weighted by Crippen LogP contribution is 2.23. The molecule has 0 bridgehead atoms. The molecule has 1 aromatic carbocycles. The Hall–Kier alpha value is -2.97. The molecule has 212 valence electrons. The summed E-state index contributed by atoms with van der Waals surface area (Å²) in [7, 11) is 0. The first kappa shape index (κ1) is 29.6. The average Bonchev–Trinajstić information content (AvgIpc) is 2.93. The quantitative estimate of drug-likeness (QED) is 0.277. The van der Waals surface area contributed by atoms with E-state index in [0.29, 0.717) is 32.1 Å². The Morgan fingerprint density at radius 3 is 2.11 bits per heavy atom. The number of hydrogen-bond donors (Lipinski definition) is 4. The number of hydrogen-bond acceptors (Lipinski definition) is 4. The minimum Gasteiger partial charge on any atom is -0.465 e. The molecular formula is C29H47N5O4. The van der Waals surface area contributed by atoms with Crippen molar-refractivity contribution < 1.29 is 19.5 Å². The van der Waals surface area contributed by atoms with Crippen molar-refractivity contribution >= 4 is 23.7 Å². The van der Waals surface area contributed by atoms with Gasteiger partial charge in [0.2, 0.25) is 5.91 Å². The summed E-state index contributed by atoms with van der Waals surface area (Å²) in [6, 6.07) is 8.45. The van der Waals surface area contributed by atoms with E-state index in [2.05, 4.69) is 22.9 Å². The van der Waals surface area contributed by atoms with Gasteiger partial charge < -0.3 is 30.9 Å². The summed E-state index contributed by atoms with van der Waals surface area (Å²) in [5.41, 5.74) is 2.14. The third kappa shape index (κ3) is 10.1. The maximum atomic E-state index is 13.1. The summed E-state index contributed by atoms with van der Waals surface area (Å²) >= 11 is 0. The molecule has 4 N–H and O–H groups in total. The Morgan fingerprint density at radius 2 is 1.45 bits per heavy atom. The third-order valence-electron chi connectivity index (χ3n) is 7.76. The van der Waals surface area contributed by atoms with Crippen LogP contribution in [0.3, 0.4) is 0 Å². The normalized spacial score (nSPS) is 16.8. The predicted octanol–water partition coefficient (Wildman–Crippen LogP) is 4.68. The van der Waals surface area contributed by atoms with E-state index < -0.39 is 6.09 Å². The van der Waals surface area contributed by atoms with Crippen LogP contribution in [0.2, 0.25) is 0 Å². The second-order valence-corrected chi connectivity index (χ2v) is 10.7. The van der Waals surface area contributed by atoms with Gasteiger partial charge in [0, 0.05) is 56.9 Å². The monoisotopic (exact) mass is 529 g/mol. The maximum absolute atomic E-state index is 13.1. The van der Waals surface area contributed by atoms with E-state index in [4.69, 9.17) is 5.11 Å². The van der Waals surface area contributed by atoms with Crippen molar-refractivity contribution in [1.29, 1.82) is 0 Å². The van der Waals surface area contributed by atoms with Crippen LogP contribution >= 0.6 is 0 Å². The van der Waals surface area contributed by atoms with E-state index in [0.717, 1.165) is 63.0 Å². The van der Waals surface area contributed by atoms with Gasteiger partial charge in [-0.1, -0.05) is 51.2 Å². The minimum absolute atomic E-state index is 0.0151. The maximum Gasteiger partial charge on any atom is 0.404 e. The first-order valence-electron chi connectivity index (χ1n) is 14.6. The summed E-state index contributed by atoms with van der Waals surface area (Å²) in [4.78, 5) is 40.0. The van der Waals surface area contributed by atoms with E-state index in [1.165, 1.54) is 32.1 Å². The van der Waals surface area contributed by atoms with E-state index in [1.54, 1.807) is 0 Å². The van der Waals surface area contributed by atoms with Gasteiger partial charge in [0.25, 0.3) is 0 Å². The molecule has 4 amide bonds. The number of benzene rings is 1. The second kappa shape index (κ2) is 16.1. The number of carbonyl (C=O) groups excluding carboxylic acids is 2. The molecule has 0 atom stereocenters. The van der Waals surface area contributed by atoms with E-state index >= 15 is 0 Å². The molecule has 1 aromatic rings. The van der Waals surface area contributed by atoms with Gasteiger partial charge in [0.05, 0.1) is 0 Å². The van der Waals surface area contributed by atoms with Crippen LogP contribution in [0.5, 0.6) is 0 Å². The number of amides is 4. The topological polar surface area (TPSA) is 114 Å². The molecule has 2 aliphatic rings. The number of carboxylic acid groups (broad SMARTS) is 1. The fourth-order valence-corrected chi connectivity index (χ4v) is 5.36. The number of piperidine rings is 2. The number of anilines is 1. The van der Waals surface area contributed by atoms with Gasteiger partial charge >= 0.3 is 12.1 Å². The van der Waals surface area contributed by atoms with Gasteiger partial charge in [-0.2, -0.15) is 0 Å². The number of nitrogens with zero attached hydrogens (tertiary/aromatic N) is 2. The van der Waals surface area contributed by atoms with Crippen molar-refractivity contribution in [2.45, 2.75) is 83.6 Å². The van der Waals surface area contributed by atoms with Crippen LogP contribution in [0.15, 0.2) is 24.3 Å². The van der Waals surface area contributed by atoms with Crippen molar-refractivity contribution in [3.05, 3.63) is 29.8 Å². The van der Waals surface area contributed by atoms with E-state index in [-0.39, 0.29) is 17.9 Å². The molecule has 0 aromatic heterocycles. The number of unbranched alkanes of at least 4 members (excludes halogenated alkanes) is 5. The molecule has 38 heavy (non-hydrogen) atoms. The molecule has 9 nitrogen and oxygen atoms in total. The van der Waals surface area contributed by atoms with Crippen LogP contribution in [-0.4, -0.2) is 78.2 Å².